The predicted octanol–water partition coefficient (Wildman–Crippen LogP) is 2.85. The zero-order valence-corrected chi connectivity index (χ0v) is 16.3. The molecule has 2 aliphatic heterocycles. The molecule has 2 heterocycles. The number of ether oxygens (including phenoxy) is 2. The van der Waals surface area contributed by atoms with Gasteiger partial charge in [0.1, 0.15) is 5.75 Å². The van der Waals surface area contributed by atoms with E-state index < -0.39 is 17.2 Å². The summed E-state index contributed by atoms with van der Waals surface area (Å²) in [6.45, 7) is 2.48. The minimum Gasteiger partial charge on any atom is -0.497 e. The molecular weight excluding hydrogens is 378 g/mol. The Balaban J connectivity index is 1.65. The summed E-state index contributed by atoms with van der Waals surface area (Å²) in [6, 6.07) is 11.8. The van der Waals surface area contributed by atoms with E-state index in [0.717, 1.165) is 17.4 Å². The van der Waals surface area contributed by atoms with Gasteiger partial charge in [0.05, 0.1) is 25.9 Å². The third-order valence-electron chi connectivity index (χ3n) is 5.72. The maximum absolute atomic E-state index is 14.0. The van der Waals surface area contributed by atoms with Gasteiger partial charge in [-0.1, -0.05) is 18.2 Å². The topological polar surface area (TPSA) is 50.8 Å². The summed E-state index contributed by atoms with van der Waals surface area (Å²) < 4.78 is 38.5. The highest BCUT2D eigenvalue weighted by Gasteiger charge is 2.49. The molecule has 2 fully saturated rings. The van der Waals surface area contributed by atoms with Crippen LogP contribution in [0.15, 0.2) is 42.5 Å². The molecule has 2 aromatic carbocycles. The zero-order chi connectivity index (χ0) is 20.4. The van der Waals surface area contributed by atoms with Crippen LogP contribution in [-0.2, 0) is 16.1 Å². The van der Waals surface area contributed by atoms with Crippen LogP contribution in [0.2, 0.25) is 0 Å². The molecule has 2 aliphatic rings. The Hall–Kier alpha value is -2.51. The van der Waals surface area contributed by atoms with Crippen molar-refractivity contribution in [2.24, 2.45) is 0 Å². The Morgan fingerprint density at radius 2 is 2.10 bits per heavy atom. The summed E-state index contributed by atoms with van der Waals surface area (Å²) in [5.41, 5.74) is 1.05. The first-order chi connectivity index (χ1) is 14.0. The second kappa shape index (κ2) is 8.08. The van der Waals surface area contributed by atoms with Crippen LogP contribution >= 0.6 is 0 Å². The Morgan fingerprint density at radius 1 is 1.24 bits per heavy atom. The maximum atomic E-state index is 14.0. The summed E-state index contributed by atoms with van der Waals surface area (Å²) in [5.74, 6) is -1.29. The van der Waals surface area contributed by atoms with Gasteiger partial charge in [-0.15, -0.1) is 0 Å². The van der Waals surface area contributed by atoms with Gasteiger partial charge in [0.2, 0.25) is 5.91 Å². The van der Waals surface area contributed by atoms with Crippen LogP contribution in [0.25, 0.3) is 0 Å². The van der Waals surface area contributed by atoms with Crippen molar-refractivity contribution in [3.05, 3.63) is 65.2 Å². The quantitative estimate of drug-likeness (QED) is 0.855. The van der Waals surface area contributed by atoms with E-state index in [1.54, 1.807) is 13.2 Å². The molecule has 2 aromatic rings. The fraction of sp³-hybridized carbons (Fsp3) is 0.409. The van der Waals surface area contributed by atoms with Gasteiger partial charge in [-0.25, -0.2) is 8.78 Å². The molecule has 1 spiro atoms. The molecule has 2 atom stereocenters. The third-order valence-corrected chi connectivity index (χ3v) is 5.72. The minimum atomic E-state index is -0.884. The van der Waals surface area contributed by atoms with Crippen LogP contribution in [0.4, 0.5) is 8.78 Å². The largest absolute Gasteiger partial charge is 0.497 e. The number of benzene rings is 2. The molecule has 5 nitrogen and oxygen atoms in total. The number of hydrogen-bond donors (Lipinski definition) is 1. The van der Waals surface area contributed by atoms with E-state index in [1.807, 2.05) is 24.3 Å². The maximum Gasteiger partial charge on any atom is 0.222 e. The number of likely N-dealkylation sites (tertiary alicyclic amines) is 1. The number of nitrogens with zero attached hydrogens (tertiary/aromatic N) is 1. The van der Waals surface area contributed by atoms with Crippen LogP contribution in [0.3, 0.4) is 0 Å². The van der Waals surface area contributed by atoms with Gasteiger partial charge in [0.15, 0.2) is 11.6 Å². The van der Waals surface area contributed by atoms with Crippen LogP contribution < -0.4 is 10.1 Å². The number of amides is 1. The van der Waals surface area contributed by atoms with Crippen molar-refractivity contribution in [3.8, 4) is 5.75 Å². The number of nitrogens with one attached hydrogen (secondary N) is 1. The molecule has 2 saturated heterocycles. The molecule has 0 aliphatic carbocycles. The Bertz CT molecular complexity index is 907. The van der Waals surface area contributed by atoms with Crippen molar-refractivity contribution < 1.29 is 23.0 Å². The highest BCUT2D eigenvalue weighted by molar-refractivity contribution is 5.77. The van der Waals surface area contributed by atoms with E-state index in [1.165, 1.54) is 6.07 Å². The lowest BCUT2D eigenvalue weighted by molar-refractivity contribution is -0.122. The first kappa shape index (κ1) is 19.8. The molecule has 4 rings (SSSR count). The van der Waals surface area contributed by atoms with Crippen LogP contribution in [-0.4, -0.2) is 49.8 Å². The zero-order valence-electron chi connectivity index (χ0n) is 16.3. The van der Waals surface area contributed by atoms with Crippen molar-refractivity contribution in [2.45, 2.75) is 24.4 Å². The summed E-state index contributed by atoms with van der Waals surface area (Å²) >= 11 is 0. The van der Waals surface area contributed by atoms with Crippen molar-refractivity contribution in [1.29, 1.82) is 0 Å². The number of methoxy groups -OCH3 is 1. The number of carbonyl (C=O) groups excluding carboxylic acids is 1. The van der Waals surface area contributed by atoms with Crippen molar-refractivity contribution in [3.63, 3.8) is 0 Å². The second-order valence-corrected chi connectivity index (χ2v) is 7.75. The summed E-state index contributed by atoms with van der Waals surface area (Å²) in [7, 11) is 1.63. The molecule has 0 bridgehead atoms. The van der Waals surface area contributed by atoms with Gasteiger partial charge in [-0.2, -0.15) is 0 Å². The Kier molecular flexibility index (Phi) is 5.52. The molecule has 0 aromatic heterocycles. The number of hydrogen-bond acceptors (Lipinski definition) is 4. The number of rotatable bonds is 4. The average molecular weight is 402 g/mol. The second-order valence-electron chi connectivity index (χ2n) is 7.75. The van der Waals surface area contributed by atoms with Crippen LogP contribution in [0.5, 0.6) is 5.75 Å². The number of halogens is 2. The van der Waals surface area contributed by atoms with E-state index in [0.29, 0.717) is 44.8 Å². The first-order valence-corrected chi connectivity index (χ1v) is 9.68. The molecule has 154 valence electrons. The van der Waals surface area contributed by atoms with Gasteiger partial charge in [0, 0.05) is 32.0 Å². The fourth-order valence-electron chi connectivity index (χ4n) is 4.38. The van der Waals surface area contributed by atoms with Crippen molar-refractivity contribution in [1.82, 2.24) is 10.2 Å². The highest BCUT2D eigenvalue weighted by Crippen LogP contribution is 2.38. The molecule has 1 N–H and O–H groups in total. The summed E-state index contributed by atoms with van der Waals surface area (Å²) in [6.07, 6.45) is 0.294. The van der Waals surface area contributed by atoms with Gasteiger partial charge < -0.3 is 14.8 Å². The fourth-order valence-corrected chi connectivity index (χ4v) is 4.38. The molecule has 0 radical (unpaired) electrons. The minimum absolute atomic E-state index is 0.0849. The lowest BCUT2D eigenvalue weighted by Gasteiger charge is -2.34. The SMILES string of the molecule is COc1cccc(CN2C[C@@H](c3ccc(F)c(F)c3)[C@@]3(COCCC(=O)N3)C2)c1. The standard InChI is InChI=1S/C22H24F2N2O3/c1-28-17-4-2-3-15(9-17)11-26-12-18(16-5-6-19(23)20(24)10-16)22(13-26)14-29-8-7-21(27)25-22/h2-6,9-10,18H,7-8,11-14H2,1H3,(H,25,27)/t18-,22-/m0/s1. The van der Waals surface area contributed by atoms with E-state index in [4.69, 9.17) is 9.47 Å². The van der Waals surface area contributed by atoms with E-state index in [2.05, 4.69) is 10.2 Å². The molecule has 29 heavy (non-hydrogen) atoms. The van der Waals surface area contributed by atoms with E-state index in [-0.39, 0.29) is 11.8 Å². The van der Waals surface area contributed by atoms with Crippen molar-refractivity contribution >= 4 is 5.91 Å². The molecule has 0 saturated carbocycles. The van der Waals surface area contributed by atoms with Gasteiger partial charge in [0.25, 0.3) is 0 Å². The normalized spacial score (nSPS) is 25.1. The van der Waals surface area contributed by atoms with Crippen LogP contribution in [0.1, 0.15) is 23.5 Å². The summed E-state index contributed by atoms with van der Waals surface area (Å²) in [5, 5.41) is 3.13. The smallest absolute Gasteiger partial charge is 0.222 e. The molecular formula is C22H24F2N2O3. The summed E-state index contributed by atoms with van der Waals surface area (Å²) in [4.78, 5) is 14.5. The van der Waals surface area contributed by atoms with Gasteiger partial charge in [-0.05, 0) is 35.4 Å². The monoisotopic (exact) mass is 402 g/mol. The van der Waals surface area contributed by atoms with Crippen LogP contribution in [0, 0.1) is 11.6 Å². The van der Waals surface area contributed by atoms with Gasteiger partial charge >= 0.3 is 0 Å². The molecule has 7 heteroatoms. The van der Waals surface area contributed by atoms with Gasteiger partial charge in [-0.3, -0.25) is 9.69 Å². The lowest BCUT2D eigenvalue weighted by atomic mass is 9.82. The van der Waals surface area contributed by atoms with E-state index >= 15 is 0 Å². The third kappa shape index (κ3) is 4.11. The Morgan fingerprint density at radius 3 is 2.90 bits per heavy atom. The highest BCUT2D eigenvalue weighted by atomic mass is 19.2. The predicted molar refractivity (Wildman–Crippen MR) is 104 cm³/mol. The molecule has 1 amide bonds. The first-order valence-electron chi connectivity index (χ1n) is 9.68. The van der Waals surface area contributed by atoms with E-state index in [9.17, 15) is 13.6 Å². The number of carbonyl (C=O) groups is 1. The van der Waals surface area contributed by atoms with Crippen molar-refractivity contribution in [2.75, 3.05) is 33.4 Å². The lowest BCUT2D eigenvalue weighted by Crippen LogP contribution is -2.55. The average Bonchev–Trinajstić information content (AvgIpc) is 2.93. The molecule has 0 unspecified atom stereocenters. The Labute approximate surface area is 168 Å².